The third-order valence-corrected chi connectivity index (χ3v) is 2.65. The maximum absolute atomic E-state index is 9.11. The van der Waals surface area contributed by atoms with Crippen molar-refractivity contribution in [2.24, 2.45) is 5.16 Å². The molecule has 1 aromatic carbocycles. The maximum atomic E-state index is 9.11. The Bertz CT molecular complexity index is 521. The minimum atomic E-state index is 0.518. The minimum absolute atomic E-state index is 0.518. The van der Waals surface area contributed by atoms with E-state index < -0.39 is 0 Å². The Morgan fingerprint density at radius 2 is 1.83 bits per heavy atom. The molecule has 0 amide bonds. The molecule has 0 aliphatic rings. The third kappa shape index (κ3) is 2.85. The van der Waals surface area contributed by atoms with Gasteiger partial charge in [0.1, 0.15) is 5.75 Å². The van der Waals surface area contributed by atoms with Gasteiger partial charge in [-0.15, -0.1) is 0 Å². The van der Waals surface area contributed by atoms with Crippen molar-refractivity contribution in [2.45, 2.75) is 6.54 Å². The van der Waals surface area contributed by atoms with Crippen LogP contribution in [0.2, 0.25) is 0 Å². The van der Waals surface area contributed by atoms with Gasteiger partial charge >= 0.3 is 0 Å². The fraction of sp³-hybridized carbons (Fsp3) is 0.143. The standard InChI is InChI=1S/C14H14N2O2/c1-18-13-7-5-12(6-8-13)14(15-17)11-16-9-3-2-4-10-16/h2-10H,11H2,1H3/p+1/b15-14-. The van der Waals surface area contributed by atoms with Crippen molar-refractivity contribution < 1.29 is 14.5 Å². The van der Waals surface area contributed by atoms with E-state index >= 15 is 0 Å². The van der Waals surface area contributed by atoms with E-state index in [9.17, 15) is 0 Å². The molecule has 0 radical (unpaired) electrons. The number of hydrogen-bond acceptors (Lipinski definition) is 3. The fourth-order valence-electron chi connectivity index (χ4n) is 1.68. The topological polar surface area (TPSA) is 45.7 Å². The van der Waals surface area contributed by atoms with E-state index in [-0.39, 0.29) is 0 Å². The minimum Gasteiger partial charge on any atom is -0.497 e. The van der Waals surface area contributed by atoms with Gasteiger partial charge in [-0.2, -0.15) is 4.57 Å². The van der Waals surface area contributed by atoms with Crippen molar-refractivity contribution in [1.82, 2.24) is 0 Å². The number of pyridine rings is 1. The zero-order valence-corrected chi connectivity index (χ0v) is 10.2. The molecule has 0 bridgehead atoms. The summed E-state index contributed by atoms with van der Waals surface area (Å²) in [5.41, 5.74) is 1.48. The van der Waals surface area contributed by atoms with Gasteiger partial charge in [0.15, 0.2) is 24.7 Å². The Morgan fingerprint density at radius 3 is 2.39 bits per heavy atom. The lowest BCUT2D eigenvalue weighted by Gasteiger charge is -2.03. The van der Waals surface area contributed by atoms with Gasteiger partial charge < -0.3 is 9.94 Å². The second-order valence-corrected chi connectivity index (χ2v) is 3.82. The fourth-order valence-corrected chi connectivity index (χ4v) is 1.68. The van der Waals surface area contributed by atoms with Crippen LogP contribution in [0.4, 0.5) is 0 Å². The lowest BCUT2D eigenvalue weighted by atomic mass is 10.1. The summed E-state index contributed by atoms with van der Waals surface area (Å²) in [7, 11) is 1.62. The first kappa shape index (κ1) is 12.1. The molecular weight excluding hydrogens is 228 g/mol. The summed E-state index contributed by atoms with van der Waals surface area (Å²) in [6, 6.07) is 13.2. The molecule has 0 aliphatic heterocycles. The SMILES string of the molecule is COc1ccc(/C(C[n+]2ccccc2)=N\O)cc1. The summed E-state index contributed by atoms with van der Waals surface area (Å²) in [6.45, 7) is 0.518. The Kier molecular flexibility index (Phi) is 3.91. The summed E-state index contributed by atoms with van der Waals surface area (Å²) in [5.74, 6) is 0.781. The zero-order chi connectivity index (χ0) is 12.8. The molecule has 1 heterocycles. The molecule has 0 saturated heterocycles. The highest BCUT2D eigenvalue weighted by Gasteiger charge is 2.10. The quantitative estimate of drug-likeness (QED) is 0.385. The first-order valence-electron chi connectivity index (χ1n) is 5.63. The Hall–Kier alpha value is -2.36. The molecule has 0 spiro atoms. The van der Waals surface area contributed by atoms with Gasteiger partial charge in [0.25, 0.3) is 0 Å². The molecule has 92 valence electrons. The predicted molar refractivity (Wildman–Crippen MR) is 68.0 cm³/mol. The summed E-state index contributed by atoms with van der Waals surface area (Å²) in [5, 5.41) is 12.5. The van der Waals surface area contributed by atoms with Crippen molar-refractivity contribution in [2.75, 3.05) is 7.11 Å². The Morgan fingerprint density at radius 1 is 1.17 bits per heavy atom. The van der Waals surface area contributed by atoms with E-state index in [2.05, 4.69) is 5.16 Å². The molecule has 0 saturated carbocycles. The highest BCUT2D eigenvalue weighted by Crippen LogP contribution is 2.12. The molecule has 1 aromatic heterocycles. The van der Waals surface area contributed by atoms with E-state index in [0.717, 1.165) is 11.3 Å². The predicted octanol–water partition coefficient (Wildman–Crippen LogP) is 1.86. The van der Waals surface area contributed by atoms with E-state index in [1.54, 1.807) is 7.11 Å². The zero-order valence-electron chi connectivity index (χ0n) is 10.2. The molecular formula is C14H15N2O2+. The largest absolute Gasteiger partial charge is 0.497 e. The number of benzene rings is 1. The van der Waals surface area contributed by atoms with E-state index in [1.807, 2.05) is 59.4 Å². The van der Waals surface area contributed by atoms with Gasteiger partial charge in [0.2, 0.25) is 0 Å². The molecule has 1 N–H and O–H groups in total. The van der Waals surface area contributed by atoms with Crippen LogP contribution in [0.1, 0.15) is 5.56 Å². The van der Waals surface area contributed by atoms with Gasteiger partial charge in [-0.3, -0.25) is 0 Å². The average Bonchev–Trinajstić information content (AvgIpc) is 2.46. The molecule has 4 heteroatoms. The molecule has 4 nitrogen and oxygen atoms in total. The summed E-state index contributed by atoms with van der Waals surface area (Å²) >= 11 is 0. The van der Waals surface area contributed by atoms with Crippen LogP contribution >= 0.6 is 0 Å². The second-order valence-electron chi connectivity index (χ2n) is 3.82. The van der Waals surface area contributed by atoms with Crippen molar-refractivity contribution >= 4 is 5.71 Å². The maximum Gasteiger partial charge on any atom is 0.194 e. The Labute approximate surface area is 106 Å². The van der Waals surface area contributed by atoms with Crippen molar-refractivity contribution in [3.8, 4) is 5.75 Å². The van der Waals surface area contributed by atoms with E-state index in [4.69, 9.17) is 9.94 Å². The first-order chi connectivity index (χ1) is 8.83. The van der Waals surface area contributed by atoms with E-state index in [0.29, 0.717) is 12.3 Å². The number of nitrogens with zero attached hydrogens (tertiary/aromatic N) is 2. The van der Waals surface area contributed by atoms with Gasteiger partial charge in [0, 0.05) is 17.7 Å². The molecule has 2 rings (SSSR count). The first-order valence-corrected chi connectivity index (χ1v) is 5.63. The Balaban J connectivity index is 2.18. The summed E-state index contributed by atoms with van der Waals surface area (Å²) < 4.78 is 7.04. The van der Waals surface area contributed by atoms with Crippen LogP contribution in [0, 0.1) is 0 Å². The molecule has 0 aliphatic carbocycles. The highest BCUT2D eigenvalue weighted by molar-refractivity contribution is 5.99. The molecule has 0 fully saturated rings. The number of rotatable bonds is 4. The van der Waals surface area contributed by atoms with Crippen LogP contribution in [-0.4, -0.2) is 18.0 Å². The average molecular weight is 243 g/mol. The smallest absolute Gasteiger partial charge is 0.194 e. The van der Waals surface area contributed by atoms with Gasteiger partial charge in [0.05, 0.1) is 7.11 Å². The monoisotopic (exact) mass is 243 g/mol. The van der Waals surface area contributed by atoms with Crippen LogP contribution in [0.5, 0.6) is 5.75 Å². The highest BCUT2D eigenvalue weighted by atomic mass is 16.5. The summed E-state index contributed by atoms with van der Waals surface area (Å²) in [4.78, 5) is 0. The third-order valence-electron chi connectivity index (χ3n) is 2.65. The van der Waals surface area contributed by atoms with Crippen LogP contribution in [0.25, 0.3) is 0 Å². The van der Waals surface area contributed by atoms with Crippen LogP contribution in [0.15, 0.2) is 60.0 Å². The van der Waals surface area contributed by atoms with Crippen LogP contribution in [-0.2, 0) is 6.54 Å². The molecule has 18 heavy (non-hydrogen) atoms. The number of aromatic nitrogens is 1. The van der Waals surface area contributed by atoms with E-state index in [1.165, 1.54) is 0 Å². The lowest BCUT2D eigenvalue weighted by molar-refractivity contribution is -0.681. The summed E-state index contributed by atoms with van der Waals surface area (Å²) in [6.07, 6.45) is 3.85. The molecule has 0 unspecified atom stereocenters. The second kappa shape index (κ2) is 5.82. The van der Waals surface area contributed by atoms with Gasteiger partial charge in [-0.1, -0.05) is 11.2 Å². The van der Waals surface area contributed by atoms with Crippen LogP contribution < -0.4 is 9.30 Å². The van der Waals surface area contributed by atoms with Crippen LogP contribution in [0.3, 0.4) is 0 Å². The van der Waals surface area contributed by atoms with Crippen molar-refractivity contribution in [3.05, 3.63) is 60.4 Å². The number of oxime groups is 1. The molecule has 2 aromatic rings. The van der Waals surface area contributed by atoms with Gasteiger partial charge in [-0.25, -0.2) is 0 Å². The number of hydrogen-bond donors (Lipinski definition) is 1. The number of ether oxygens (including phenoxy) is 1. The lowest BCUT2D eigenvalue weighted by Crippen LogP contribution is -2.37. The van der Waals surface area contributed by atoms with Crippen molar-refractivity contribution in [1.29, 1.82) is 0 Å². The van der Waals surface area contributed by atoms with Crippen molar-refractivity contribution in [3.63, 3.8) is 0 Å². The molecule has 0 atom stereocenters. The van der Waals surface area contributed by atoms with Gasteiger partial charge in [-0.05, 0) is 24.3 Å². The number of methoxy groups -OCH3 is 1. The normalized spacial score (nSPS) is 11.3.